The molecule has 4 atom stereocenters. The molecule has 0 heteroatoms. The van der Waals surface area contributed by atoms with Crippen LogP contribution in [-0.4, -0.2) is 0 Å². The van der Waals surface area contributed by atoms with Gasteiger partial charge in [0, 0.05) is 0 Å². The molecule has 0 aromatic carbocycles. The third-order valence-corrected chi connectivity index (χ3v) is 5.89. The second-order valence-corrected chi connectivity index (χ2v) is 7.10. The highest BCUT2D eigenvalue weighted by Gasteiger charge is 2.40. The van der Waals surface area contributed by atoms with E-state index < -0.39 is 0 Å². The Morgan fingerprint density at radius 3 is 1.84 bits per heavy atom. The fraction of sp³-hybridized carbons (Fsp3) is 0.895. The maximum atomic E-state index is 4.34. The maximum absolute atomic E-state index is 4.34. The van der Waals surface area contributed by atoms with E-state index in [1.807, 2.05) is 0 Å². The summed E-state index contributed by atoms with van der Waals surface area (Å²) in [4.78, 5) is 0. The van der Waals surface area contributed by atoms with Crippen LogP contribution in [0.5, 0.6) is 0 Å². The lowest BCUT2D eigenvalue weighted by molar-refractivity contribution is 0.0411. The van der Waals surface area contributed by atoms with Crippen LogP contribution in [0.25, 0.3) is 0 Å². The number of hydrogen-bond donors (Lipinski definition) is 0. The first-order valence-corrected chi connectivity index (χ1v) is 8.43. The van der Waals surface area contributed by atoms with Gasteiger partial charge in [-0.25, -0.2) is 0 Å². The van der Waals surface area contributed by atoms with Gasteiger partial charge in [0.25, 0.3) is 0 Å². The molecule has 4 unspecified atom stereocenters. The van der Waals surface area contributed by atoms with Gasteiger partial charge in [0.15, 0.2) is 0 Å². The Morgan fingerprint density at radius 2 is 1.53 bits per heavy atom. The molecule has 0 heterocycles. The number of hydrogen-bond acceptors (Lipinski definition) is 0. The van der Waals surface area contributed by atoms with E-state index in [0.29, 0.717) is 11.3 Å². The maximum Gasteiger partial charge on any atom is -0.0178 e. The molecular weight excluding hydrogens is 228 g/mol. The third-order valence-electron chi connectivity index (χ3n) is 5.89. The van der Waals surface area contributed by atoms with E-state index in [2.05, 4.69) is 62.0 Å². The molecule has 0 aromatic heterocycles. The predicted octanol–water partition coefficient (Wildman–Crippen LogP) is 6.71. The summed E-state index contributed by atoms with van der Waals surface area (Å²) in [6, 6.07) is 0. The molecule has 0 bridgehead atoms. The van der Waals surface area contributed by atoms with E-state index in [1.54, 1.807) is 0 Å². The van der Waals surface area contributed by atoms with Crippen LogP contribution in [0.4, 0.5) is 0 Å². The van der Waals surface area contributed by atoms with Gasteiger partial charge in [-0.2, -0.15) is 0 Å². The van der Waals surface area contributed by atoms with Crippen molar-refractivity contribution < 1.29 is 0 Å². The van der Waals surface area contributed by atoms with Crippen molar-refractivity contribution in [3.05, 3.63) is 12.2 Å². The topological polar surface area (TPSA) is 0 Å². The normalized spacial score (nSPS) is 19.8. The summed E-state index contributed by atoms with van der Waals surface area (Å²) < 4.78 is 0. The molecular formula is C19H38. The summed E-state index contributed by atoms with van der Waals surface area (Å²) in [6.07, 6.45) is 4.98. The Bertz CT molecular complexity index is 263. The van der Waals surface area contributed by atoms with Crippen molar-refractivity contribution in [3.8, 4) is 0 Å². The van der Waals surface area contributed by atoms with E-state index in [9.17, 15) is 0 Å². The predicted molar refractivity (Wildman–Crippen MR) is 89.4 cm³/mol. The van der Waals surface area contributed by atoms with Gasteiger partial charge in [-0.05, 0) is 48.3 Å². The fourth-order valence-electron chi connectivity index (χ4n) is 3.89. The molecule has 0 nitrogen and oxygen atoms in total. The van der Waals surface area contributed by atoms with E-state index in [0.717, 1.165) is 24.2 Å². The molecule has 0 radical (unpaired) electrons. The van der Waals surface area contributed by atoms with Gasteiger partial charge < -0.3 is 0 Å². The molecule has 114 valence electrons. The second kappa shape index (κ2) is 8.12. The summed E-state index contributed by atoms with van der Waals surface area (Å²) in [6.45, 7) is 23.5. The lowest BCUT2D eigenvalue weighted by Crippen LogP contribution is -2.39. The Kier molecular flexibility index (Phi) is 8.01. The summed E-state index contributed by atoms with van der Waals surface area (Å²) in [5, 5.41) is 0. The van der Waals surface area contributed by atoms with Crippen molar-refractivity contribution in [1.82, 2.24) is 0 Å². The van der Waals surface area contributed by atoms with Crippen LogP contribution in [0.1, 0.15) is 81.1 Å². The SMILES string of the molecule is C=C(CC)C(CC)C(C)C(C)(CCC)C(C)C(C)C. The summed E-state index contributed by atoms with van der Waals surface area (Å²) in [5.74, 6) is 2.93. The standard InChI is InChI=1S/C19H38/c1-10-13-19(9,16(7)14(4)5)17(8)18(12-3)15(6)11-2/h14,16-18H,6,10-13H2,1-5,7-9H3. The van der Waals surface area contributed by atoms with Crippen molar-refractivity contribution in [2.24, 2.45) is 29.1 Å². The van der Waals surface area contributed by atoms with Crippen LogP contribution in [0, 0.1) is 29.1 Å². The molecule has 0 aliphatic rings. The van der Waals surface area contributed by atoms with Gasteiger partial charge in [0.1, 0.15) is 0 Å². The Morgan fingerprint density at radius 1 is 1.00 bits per heavy atom. The van der Waals surface area contributed by atoms with Crippen molar-refractivity contribution in [2.45, 2.75) is 81.1 Å². The molecule has 0 rings (SSSR count). The molecule has 0 amide bonds. The monoisotopic (exact) mass is 266 g/mol. The molecule has 0 N–H and O–H groups in total. The number of rotatable bonds is 9. The smallest absolute Gasteiger partial charge is 0.0178 e. The average molecular weight is 267 g/mol. The first-order valence-electron chi connectivity index (χ1n) is 8.43. The minimum atomic E-state index is 0.432. The molecule has 0 saturated carbocycles. The third kappa shape index (κ3) is 4.36. The molecule has 0 saturated heterocycles. The van der Waals surface area contributed by atoms with Crippen LogP contribution in [0.15, 0.2) is 12.2 Å². The van der Waals surface area contributed by atoms with Crippen molar-refractivity contribution in [3.63, 3.8) is 0 Å². The van der Waals surface area contributed by atoms with Crippen molar-refractivity contribution >= 4 is 0 Å². The first kappa shape index (κ1) is 18.7. The van der Waals surface area contributed by atoms with Crippen molar-refractivity contribution in [2.75, 3.05) is 0 Å². The van der Waals surface area contributed by atoms with Crippen molar-refractivity contribution in [1.29, 1.82) is 0 Å². The Labute approximate surface area is 123 Å². The van der Waals surface area contributed by atoms with Gasteiger partial charge in [0.2, 0.25) is 0 Å². The van der Waals surface area contributed by atoms with Gasteiger partial charge in [-0.3, -0.25) is 0 Å². The van der Waals surface area contributed by atoms with Gasteiger partial charge >= 0.3 is 0 Å². The summed E-state index contributed by atoms with van der Waals surface area (Å²) >= 11 is 0. The van der Waals surface area contributed by atoms with Gasteiger partial charge in [0.05, 0.1) is 0 Å². The minimum Gasteiger partial charge on any atom is -0.0996 e. The lowest BCUT2D eigenvalue weighted by Gasteiger charge is -2.46. The van der Waals surface area contributed by atoms with E-state index in [1.165, 1.54) is 24.8 Å². The highest BCUT2D eigenvalue weighted by atomic mass is 14.4. The molecule has 0 fully saturated rings. The fourth-order valence-corrected chi connectivity index (χ4v) is 3.89. The highest BCUT2D eigenvalue weighted by molar-refractivity contribution is 5.04. The number of allylic oxidation sites excluding steroid dienone is 1. The quantitative estimate of drug-likeness (QED) is 0.407. The zero-order valence-corrected chi connectivity index (χ0v) is 14.8. The second-order valence-electron chi connectivity index (χ2n) is 7.10. The zero-order chi connectivity index (χ0) is 15.2. The van der Waals surface area contributed by atoms with Crippen LogP contribution in [-0.2, 0) is 0 Å². The lowest BCUT2D eigenvalue weighted by atomic mass is 9.58. The van der Waals surface area contributed by atoms with E-state index in [-0.39, 0.29) is 0 Å². The van der Waals surface area contributed by atoms with E-state index >= 15 is 0 Å². The Balaban J connectivity index is 5.30. The zero-order valence-electron chi connectivity index (χ0n) is 14.8. The first-order chi connectivity index (χ1) is 8.76. The van der Waals surface area contributed by atoms with Gasteiger partial charge in [-0.15, -0.1) is 0 Å². The van der Waals surface area contributed by atoms with E-state index in [4.69, 9.17) is 0 Å². The van der Waals surface area contributed by atoms with Crippen LogP contribution in [0.3, 0.4) is 0 Å². The Hall–Kier alpha value is -0.260. The molecule has 0 aromatic rings. The van der Waals surface area contributed by atoms with Crippen LogP contribution < -0.4 is 0 Å². The van der Waals surface area contributed by atoms with Crippen LogP contribution >= 0.6 is 0 Å². The molecule has 0 spiro atoms. The molecule has 0 aliphatic heterocycles. The largest absolute Gasteiger partial charge is 0.0996 e. The highest BCUT2D eigenvalue weighted by Crippen LogP contribution is 2.48. The average Bonchev–Trinajstić information content (AvgIpc) is 2.38. The molecule has 19 heavy (non-hydrogen) atoms. The molecule has 0 aliphatic carbocycles. The van der Waals surface area contributed by atoms with Gasteiger partial charge in [-0.1, -0.05) is 74.0 Å². The van der Waals surface area contributed by atoms with Crippen LogP contribution in [0.2, 0.25) is 0 Å². The summed E-state index contributed by atoms with van der Waals surface area (Å²) in [5.41, 5.74) is 1.88. The summed E-state index contributed by atoms with van der Waals surface area (Å²) in [7, 11) is 0. The minimum absolute atomic E-state index is 0.432.